The predicted octanol–water partition coefficient (Wildman–Crippen LogP) is 3.79. The highest BCUT2D eigenvalue weighted by Gasteiger charge is 2.29. The number of rotatable bonds is 7. The van der Waals surface area contributed by atoms with Crippen LogP contribution in [0.15, 0.2) is 72.7 Å². The van der Waals surface area contributed by atoms with Crippen LogP contribution in [-0.4, -0.2) is 81.5 Å². The normalized spacial score (nSPS) is 19.6. The number of nitrogens with one attached hydrogen (secondary N) is 1. The lowest BCUT2D eigenvalue weighted by Crippen LogP contribution is -2.48. The Morgan fingerprint density at radius 1 is 1.02 bits per heavy atom. The molecule has 0 radical (unpaired) electrons. The lowest BCUT2D eigenvalue weighted by Gasteiger charge is -2.32. The highest BCUT2D eigenvalue weighted by atomic mass is 16.5. The molecule has 0 aliphatic carbocycles. The number of methoxy groups -OCH3 is 1. The Labute approximate surface area is 244 Å². The number of carbonyl (C=O) groups is 3. The van der Waals surface area contributed by atoms with Crippen molar-refractivity contribution in [3.8, 4) is 0 Å². The summed E-state index contributed by atoms with van der Waals surface area (Å²) in [4.78, 5) is 43.7. The fourth-order valence-electron chi connectivity index (χ4n) is 4.71. The second kappa shape index (κ2) is 11.9. The van der Waals surface area contributed by atoms with Gasteiger partial charge in [-0.05, 0) is 54.4 Å². The second-order valence-electron chi connectivity index (χ2n) is 9.67. The molecule has 8 heteroatoms. The van der Waals surface area contributed by atoms with E-state index in [1.165, 1.54) is 36.1 Å². The minimum Gasteiger partial charge on any atom is -0.465 e. The van der Waals surface area contributed by atoms with Crippen LogP contribution < -0.4 is 10.2 Å². The van der Waals surface area contributed by atoms with Crippen molar-refractivity contribution in [1.82, 2.24) is 9.80 Å². The summed E-state index contributed by atoms with van der Waals surface area (Å²) in [6.07, 6.45) is -0.0327. The van der Waals surface area contributed by atoms with Gasteiger partial charge in [0, 0.05) is 50.2 Å². The van der Waals surface area contributed by atoms with Gasteiger partial charge < -0.3 is 19.9 Å². The third kappa shape index (κ3) is 5.83. The number of allylic oxidation sites excluding steroid dienone is 1. The Morgan fingerprint density at radius 3 is 2.40 bits per heavy atom. The molecule has 1 fully saturated rings. The third-order valence-corrected chi connectivity index (χ3v) is 7.06. The molecule has 206 valence electrons. The number of likely N-dealkylation sites (N-methyl/N-ethyl adjacent to an activating group) is 2. The molecular weight excluding hydrogens is 504 g/mol. The summed E-state index contributed by atoms with van der Waals surface area (Å²) in [5.74, 6) is -1.90. The zero-order chi connectivity index (χ0) is 34.4. The topological polar surface area (TPSA) is 82.2 Å². The number of nitrogens with zero attached hydrogens (tertiary/aromatic N) is 3. The maximum Gasteiger partial charge on any atom is 0.337 e. The molecule has 0 bridgehead atoms. The summed E-state index contributed by atoms with van der Waals surface area (Å²) >= 11 is 0. The summed E-state index contributed by atoms with van der Waals surface area (Å²) in [6, 6.07) is 8.46. The Balaban J connectivity index is 1.55. The maximum atomic E-state index is 13.5. The Kier molecular flexibility index (Phi) is 5.85. The fraction of sp³-hybridized carbons (Fsp3) is 0.281. The molecule has 0 saturated carbocycles. The zero-order valence-corrected chi connectivity index (χ0v) is 22.6. The van der Waals surface area contributed by atoms with Gasteiger partial charge in [0.25, 0.3) is 5.91 Å². The van der Waals surface area contributed by atoms with Crippen molar-refractivity contribution in [2.24, 2.45) is 0 Å². The number of amides is 2. The van der Waals surface area contributed by atoms with Crippen LogP contribution in [0.3, 0.4) is 0 Å². The summed E-state index contributed by atoms with van der Waals surface area (Å²) in [6.45, 7) is -0.100. The first-order valence-corrected chi connectivity index (χ1v) is 12.8. The lowest BCUT2D eigenvalue weighted by atomic mass is 9.90. The first kappa shape index (κ1) is 19.7. The van der Waals surface area contributed by atoms with E-state index in [9.17, 15) is 14.4 Å². The van der Waals surface area contributed by atoms with Crippen LogP contribution in [0.2, 0.25) is 0 Å². The molecule has 2 aliphatic heterocycles. The molecule has 0 aromatic heterocycles. The quantitative estimate of drug-likeness (QED) is 0.360. The minimum atomic E-state index is -2.22. The van der Waals surface area contributed by atoms with Crippen molar-refractivity contribution in [1.29, 1.82) is 0 Å². The summed E-state index contributed by atoms with van der Waals surface area (Å²) in [7, 11) is 4.67. The minimum absolute atomic E-state index is 0.0327. The van der Waals surface area contributed by atoms with Gasteiger partial charge in [-0.3, -0.25) is 14.5 Å². The second-order valence-corrected chi connectivity index (χ2v) is 9.67. The zero-order valence-electron chi connectivity index (χ0n) is 29.6. The highest BCUT2D eigenvalue weighted by molar-refractivity contribution is 6.37. The summed E-state index contributed by atoms with van der Waals surface area (Å²) in [5, 5.41) is 2.72. The van der Waals surface area contributed by atoms with Gasteiger partial charge in [-0.25, -0.2) is 4.79 Å². The number of ether oxygens (including phenoxy) is 1. The smallest absolute Gasteiger partial charge is 0.337 e. The standard InChI is InChI=1S/C32H34N4O4/c1-34-15-17-36(18-16-34)21-29(37)35(2)25-12-9-22(10-13-25)19-27(23-7-5-4-6-8-23)30-26-14-11-24(32(39)40-3)20-28(26)33-31(30)38/h4-14,20H,15-19,21H2,1-3H3,(H,33,38)/b30-27+/i4D,5D,6D,7D,8D,21D2. The van der Waals surface area contributed by atoms with Crippen LogP contribution in [-0.2, 0) is 20.7 Å². The summed E-state index contributed by atoms with van der Waals surface area (Å²) in [5.41, 5.74) is 2.04. The van der Waals surface area contributed by atoms with Gasteiger partial charge in [0.2, 0.25) is 5.91 Å². The monoisotopic (exact) mass is 545 g/mol. The molecule has 2 aliphatic rings. The summed E-state index contributed by atoms with van der Waals surface area (Å²) < 4.78 is 63.8. The van der Waals surface area contributed by atoms with Gasteiger partial charge in [-0.1, -0.05) is 48.4 Å². The van der Waals surface area contributed by atoms with Gasteiger partial charge in [-0.2, -0.15) is 0 Å². The molecule has 2 amide bonds. The van der Waals surface area contributed by atoms with Crippen molar-refractivity contribution >= 4 is 40.3 Å². The van der Waals surface area contributed by atoms with Gasteiger partial charge in [-0.15, -0.1) is 0 Å². The van der Waals surface area contributed by atoms with Crippen molar-refractivity contribution in [2.45, 2.75) is 6.42 Å². The van der Waals surface area contributed by atoms with Crippen molar-refractivity contribution in [3.63, 3.8) is 0 Å². The van der Waals surface area contributed by atoms with E-state index in [0.717, 1.165) is 0 Å². The van der Waals surface area contributed by atoms with E-state index < -0.39 is 54.5 Å². The Bertz CT molecular complexity index is 1780. The van der Waals surface area contributed by atoms with Crippen molar-refractivity contribution < 1.29 is 28.7 Å². The molecule has 40 heavy (non-hydrogen) atoms. The van der Waals surface area contributed by atoms with E-state index >= 15 is 0 Å². The van der Waals surface area contributed by atoms with E-state index in [4.69, 9.17) is 14.3 Å². The number of anilines is 2. The number of piperazine rings is 1. The lowest BCUT2D eigenvalue weighted by molar-refractivity contribution is -0.119. The molecule has 3 aromatic carbocycles. The van der Waals surface area contributed by atoms with Crippen LogP contribution in [0, 0.1) is 0 Å². The number of esters is 1. The first-order valence-electron chi connectivity index (χ1n) is 16.3. The van der Waals surface area contributed by atoms with Gasteiger partial charge in [0.15, 0.2) is 0 Å². The van der Waals surface area contributed by atoms with E-state index in [1.807, 2.05) is 7.05 Å². The van der Waals surface area contributed by atoms with Crippen LogP contribution in [0.5, 0.6) is 0 Å². The molecular formula is C32H34N4O4. The number of hydrogen-bond acceptors (Lipinski definition) is 6. The fourth-order valence-corrected chi connectivity index (χ4v) is 4.71. The predicted molar refractivity (Wildman–Crippen MR) is 157 cm³/mol. The number of carbonyl (C=O) groups excluding carboxylic acids is 3. The van der Waals surface area contributed by atoms with Gasteiger partial charge in [0.1, 0.15) is 0 Å². The van der Waals surface area contributed by atoms with Crippen LogP contribution in [0.1, 0.15) is 36.6 Å². The highest BCUT2D eigenvalue weighted by Crippen LogP contribution is 2.39. The largest absolute Gasteiger partial charge is 0.465 e. The Hall–Kier alpha value is -4.27. The molecule has 2 heterocycles. The molecule has 0 unspecified atom stereocenters. The molecule has 0 atom stereocenters. The number of benzene rings is 3. The SMILES string of the molecule is [2H]c1c([2H])c([2H])c(/C(Cc2ccc(N(C)C(=O)C([2H])([2H])N3CCN(C)CC3)cc2)=C2/C(=O)Nc3cc(C(=O)OC)ccc32)c([2H])c1[2H]. The van der Waals surface area contributed by atoms with Gasteiger partial charge in [0.05, 0.1) is 34.3 Å². The third-order valence-electron chi connectivity index (χ3n) is 7.06. The number of fused-ring (bicyclic) bond motifs is 1. The van der Waals surface area contributed by atoms with Gasteiger partial charge >= 0.3 is 5.97 Å². The Morgan fingerprint density at radius 2 is 1.73 bits per heavy atom. The van der Waals surface area contributed by atoms with Crippen molar-refractivity contribution in [2.75, 3.05) is 64.1 Å². The van der Waals surface area contributed by atoms with E-state index in [2.05, 4.69) is 10.2 Å². The molecule has 5 rings (SSSR count). The van der Waals surface area contributed by atoms with Crippen LogP contribution in [0.4, 0.5) is 11.4 Å². The van der Waals surface area contributed by atoms with Crippen molar-refractivity contribution in [3.05, 3.63) is 94.9 Å². The molecule has 0 spiro atoms. The average Bonchev–Trinajstić information content (AvgIpc) is 3.39. The number of hydrogen-bond donors (Lipinski definition) is 1. The maximum absolute atomic E-state index is 13.5. The molecule has 8 nitrogen and oxygen atoms in total. The van der Waals surface area contributed by atoms with E-state index in [0.29, 0.717) is 48.7 Å². The molecule has 1 N–H and O–H groups in total. The van der Waals surface area contributed by atoms with Crippen LogP contribution >= 0.6 is 0 Å². The van der Waals surface area contributed by atoms with E-state index in [-0.39, 0.29) is 28.7 Å². The first-order chi connectivity index (χ1) is 22.2. The average molecular weight is 546 g/mol. The van der Waals surface area contributed by atoms with E-state index in [1.54, 1.807) is 30.3 Å². The van der Waals surface area contributed by atoms with Crippen LogP contribution in [0.25, 0.3) is 11.1 Å². The molecule has 1 saturated heterocycles. The molecule has 3 aromatic rings.